The lowest BCUT2D eigenvalue weighted by atomic mass is 10.0. The zero-order valence-corrected chi connectivity index (χ0v) is 14.1. The molecule has 0 aliphatic heterocycles. The number of halogens is 3. The molecule has 0 saturated carbocycles. The summed E-state index contributed by atoms with van der Waals surface area (Å²) in [7, 11) is 0. The Hall–Kier alpha value is -1.23. The van der Waals surface area contributed by atoms with Gasteiger partial charge in [0.25, 0.3) is 0 Å². The molecule has 1 aromatic carbocycles. The molecule has 0 fully saturated rings. The number of nitrogens with two attached hydrogens (primary N) is 1. The van der Waals surface area contributed by atoms with E-state index in [0.29, 0.717) is 25.0 Å². The van der Waals surface area contributed by atoms with Crippen molar-refractivity contribution in [1.82, 2.24) is 0 Å². The van der Waals surface area contributed by atoms with Crippen LogP contribution in [0.4, 0.5) is 13.2 Å². The van der Waals surface area contributed by atoms with Crippen LogP contribution in [0.1, 0.15) is 63.5 Å². The SMILES string of the molecule is CCCCCCCOc1ccc(CC[C@@H](C)N)cc1C(F)(F)F. The fraction of sp³-hybridized carbons (Fsp3) is 0.667. The van der Waals surface area contributed by atoms with Gasteiger partial charge in [0.05, 0.1) is 12.2 Å². The van der Waals surface area contributed by atoms with Crippen molar-refractivity contribution in [3.05, 3.63) is 29.3 Å². The molecule has 0 unspecified atom stereocenters. The van der Waals surface area contributed by atoms with Gasteiger partial charge < -0.3 is 10.5 Å². The molecule has 0 saturated heterocycles. The maximum Gasteiger partial charge on any atom is 0.419 e. The Labute approximate surface area is 137 Å². The summed E-state index contributed by atoms with van der Waals surface area (Å²) >= 11 is 0. The van der Waals surface area contributed by atoms with Gasteiger partial charge in [-0.15, -0.1) is 0 Å². The topological polar surface area (TPSA) is 35.2 Å². The zero-order valence-electron chi connectivity index (χ0n) is 14.1. The van der Waals surface area contributed by atoms with Crippen LogP contribution >= 0.6 is 0 Å². The number of hydrogen-bond donors (Lipinski definition) is 1. The van der Waals surface area contributed by atoms with Gasteiger partial charge in [0.15, 0.2) is 0 Å². The predicted molar refractivity (Wildman–Crippen MR) is 87.7 cm³/mol. The number of unbranched alkanes of at least 4 members (excludes halogenated alkanes) is 4. The van der Waals surface area contributed by atoms with Crippen molar-refractivity contribution < 1.29 is 17.9 Å². The minimum Gasteiger partial charge on any atom is -0.493 e. The summed E-state index contributed by atoms with van der Waals surface area (Å²) in [5.41, 5.74) is 5.62. The van der Waals surface area contributed by atoms with Crippen LogP contribution in [0.2, 0.25) is 0 Å². The smallest absolute Gasteiger partial charge is 0.419 e. The fourth-order valence-corrected chi connectivity index (χ4v) is 2.36. The molecule has 0 aromatic heterocycles. The molecule has 5 heteroatoms. The Bertz CT molecular complexity index is 458. The summed E-state index contributed by atoms with van der Waals surface area (Å²) in [4.78, 5) is 0. The number of aryl methyl sites for hydroxylation is 1. The third-order valence-corrected chi connectivity index (χ3v) is 3.74. The van der Waals surface area contributed by atoms with Crippen LogP contribution in [0, 0.1) is 0 Å². The van der Waals surface area contributed by atoms with Crippen molar-refractivity contribution in [1.29, 1.82) is 0 Å². The van der Waals surface area contributed by atoms with E-state index in [0.717, 1.165) is 32.1 Å². The lowest BCUT2D eigenvalue weighted by Crippen LogP contribution is -2.16. The second-order valence-electron chi connectivity index (χ2n) is 6.11. The molecule has 0 spiro atoms. The highest BCUT2D eigenvalue weighted by atomic mass is 19.4. The Morgan fingerprint density at radius 1 is 1.13 bits per heavy atom. The maximum absolute atomic E-state index is 13.2. The molecule has 1 atom stereocenters. The largest absolute Gasteiger partial charge is 0.493 e. The molecule has 0 amide bonds. The van der Waals surface area contributed by atoms with Crippen LogP contribution in [0.25, 0.3) is 0 Å². The molecule has 0 heterocycles. The lowest BCUT2D eigenvalue weighted by Gasteiger charge is -2.16. The van der Waals surface area contributed by atoms with Gasteiger partial charge in [-0.05, 0) is 43.9 Å². The molecule has 23 heavy (non-hydrogen) atoms. The highest BCUT2D eigenvalue weighted by Crippen LogP contribution is 2.37. The third kappa shape index (κ3) is 7.73. The van der Waals surface area contributed by atoms with E-state index in [4.69, 9.17) is 10.5 Å². The highest BCUT2D eigenvalue weighted by molar-refractivity contribution is 5.39. The fourth-order valence-electron chi connectivity index (χ4n) is 2.36. The van der Waals surface area contributed by atoms with Gasteiger partial charge in [-0.3, -0.25) is 0 Å². The Morgan fingerprint density at radius 2 is 1.83 bits per heavy atom. The molecule has 1 rings (SSSR count). The van der Waals surface area contributed by atoms with E-state index in [1.807, 2.05) is 6.92 Å². The minimum atomic E-state index is -4.40. The molecule has 0 bridgehead atoms. The van der Waals surface area contributed by atoms with Crippen molar-refractivity contribution in [3.63, 3.8) is 0 Å². The van der Waals surface area contributed by atoms with E-state index in [-0.39, 0.29) is 11.8 Å². The molecule has 2 nitrogen and oxygen atoms in total. The van der Waals surface area contributed by atoms with E-state index < -0.39 is 11.7 Å². The number of alkyl halides is 3. The molecule has 2 N–H and O–H groups in total. The average molecular weight is 331 g/mol. The van der Waals surface area contributed by atoms with Crippen molar-refractivity contribution in [3.8, 4) is 5.75 Å². The highest BCUT2D eigenvalue weighted by Gasteiger charge is 2.34. The van der Waals surface area contributed by atoms with Crippen LogP contribution in [0.15, 0.2) is 18.2 Å². The van der Waals surface area contributed by atoms with Gasteiger partial charge >= 0.3 is 6.18 Å². The van der Waals surface area contributed by atoms with E-state index >= 15 is 0 Å². The summed E-state index contributed by atoms with van der Waals surface area (Å²) in [5, 5.41) is 0. The van der Waals surface area contributed by atoms with E-state index in [1.54, 1.807) is 6.07 Å². The molecular formula is C18H28F3NO. The van der Waals surface area contributed by atoms with Gasteiger partial charge in [-0.2, -0.15) is 13.2 Å². The predicted octanol–water partition coefficient (Wildman–Crippen LogP) is 5.33. The van der Waals surface area contributed by atoms with E-state index in [1.165, 1.54) is 12.1 Å². The summed E-state index contributed by atoms with van der Waals surface area (Å²) in [6, 6.07) is 4.30. The van der Waals surface area contributed by atoms with Crippen LogP contribution < -0.4 is 10.5 Å². The first-order valence-electron chi connectivity index (χ1n) is 8.43. The Kier molecular flexibility index (Phi) is 8.45. The molecule has 1 aromatic rings. The van der Waals surface area contributed by atoms with Crippen molar-refractivity contribution in [2.75, 3.05) is 6.61 Å². The molecule has 0 aliphatic rings. The first-order chi connectivity index (χ1) is 10.8. The van der Waals surface area contributed by atoms with Gasteiger partial charge in [-0.25, -0.2) is 0 Å². The number of ether oxygens (including phenoxy) is 1. The molecule has 0 radical (unpaired) electrons. The van der Waals surface area contributed by atoms with Crippen LogP contribution in [-0.2, 0) is 12.6 Å². The monoisotopic (exact) mass is 331 g/mol. The van der Waals surface area contributed by atoms with Crippen molar-refractivity contribution in [2.45, 2.75) is 71.0 Å². The molecule has 0 aliphatic carbocycles. The molecular weight excluding hydrogens is 303 g/mol. The maximum atomic E-state index is 13.2. The Balaban J connectivity index is 2.66. The quantitative estimate of drug-likeness (QED) is 0.588. The van der Waals surface area contributed by atoms with Gasteiger partial charge in [0, 0.05) is 6.04 Å². The normalized spacial score (nSPS) is 13.1. The third-order valence-electron chi connectivity index (χ3n) is 3.74. The van der Waals surface area contributed by atoms with E-state index in [2.05, 4.69) is 6.92 Å². The average Bonchev–Trinajstić information content (AvgIpc) is 2.48. The summed E-state index contributed by atoms with van der Waals surface area (Å²) < 4.78 is 45.0. The van der Waals surface area contributed by atoms with Crippen molar-refractivity contribution in [2.24, 2.45) is 5.73 Å². The van der Waals surface area contributed by atoms with Crippen LogP contribution in [0.5, 0.6) is 5.75 Å². The van der Waals surface area contributed by atoms with E-state index in [9.17, 15) is 13.2 Å². The van der Waals surface area contributed by atoms with Crippen LogP contribution in [-0.4, -0.2) is 12.6 Å². The lowest BCUT2D eigenvalue weighted by molar-refractivity contribution is -0.139. The second-order valence-corrected chi connectivity index (χ2v) is 6.11. The second kappa shape index (κ2) is 9.81. The summed E-state index contributed by atoms with van der Waals surface area (Å²) in [6.07, 6.45) is 1.96. The summed E-state index contributed by atoms with van der Waals surface area (Å²) in [5.74, 6) is -0.0717. The first-order valence-corrected chi connectivity index (χ1v) is 8.43. The Morgan fingerprint density at radius 3 is 2.43 bits per heavy atom. The van der Waals surface area contributed by atoms with Gasteiger partial charge in [-0.1, -0.05) is 38.7 Å². The minimum absolute atomic E-state index is 0.0246. The van der Waals surface area contributed by atoms with Gasteiger partial charge in [0.1, 0.15) is 5.75 Å². The first kappa shape index (κ1) is 19.8. The standard InChI is InChI=1S/C18H28F3NO/c1-3-4-5-6-7-12-23-17-11-10-15(9-8-14(2)22)13-16(17)18(19,20)21/h10-11,13-14H,3-9,12,22H2,1-2H3/t14-/m1/s1. The number of hydrogen-bond acceptors (Lipinski definition) is 2. The number of rotatable bonds is 10. The zero-order chi connectivity index (χ0) is 17.3. The summed E-state index contributed by atoms with van der Waals surface area (Å²) in [6.45, 7) is 4.30. The van der Waals surface area contributed by atoms with Crippen LogP contribution in [0.3, 0.4) is 0 Å². The molecule has 132 valence electrons. The number of benzene rings is 1. The van der Waals surface area contributed by atoms with Crippen molar-refractivity contribution >= 4 is 0 Å². The van der Waals surface area contributed by atoms with Gasteiger partial charge in [0.2, 0.25) is 0 Å².